The summed E-state index contributed by atoms with van der Waals surface area (Å²) in [5.74, 6) is 1.74. The number of aromatic nitrogens is 2. The van der Waals surface area contributed by atoms with Gasteiger partial charge in [0, 0.05) is 12.8 Å². The van der Waals surface area contributed by atoms with Crippen LogP contribution in [0.2, 0.25) is 0 Å². The van der Waals surface area contributed by atoms with Crippen molar-refractivity contribution in [3.05, 3.63) is 18.1 Å². The highest BCUT2D eigenvalue weighted by Crippen LogP contribution is 2.05. The molecule has 0 saturated heterocycles. The fourth-order valence-electron chi connectivity index (χ4n) is 0.706. The van der Waals surface area contributed by atoms with Crippen LogP contribution in [0.4, 0.5) is 5.82 Å². The van der Waals surface area contributed by atoms with E-state index in [1.54, 1.807) is 24.2 Å². The summed E-state index contributed by atoms with van der Waals surface area (Å²) in [6, 6.07) is 0. The van der Waals surface area contributed by atoms with Gasteiger partial charge in [-0.2, -0.15) is 11.8 Å². The average molecular weight is 169 g/mol. The van der Waals surface area contributed by atoms with E-state index >= 15 is 0 Å². The molecule has 0 aliphatic carbocycles. The zero-order valence-electron chi connectivity index (χ0n) is 6.66. The minimum Gasteiger partial charge on any atom is -0.372 e. The summed E-state index contributed by atoms with van der Waals surface area (Å²) >= 11 is 1.75. The second-order valence-corrected chi connectivity index (χ2v) is 2.94. The topological polar surface area (TPSA) is 37.8 Å². The molecule has 0 atom stereocenters. The summed E-state index contributed by atoms with van der Waals surface area (Å²) in [7, 11) is 1.83. The molecule has 0 aromatic carbocycles. The average Bonchev–Trinajstić information content (AvgIpc) is 2.07. The molecule has 1 aromatic rings. The highest BCUT2D eigenvalue weighted by Gasteiger charge is 1.93. The maximum atomic E-state index is 4.19. The molecule has 1 heterocycles. The largest absolute Gasteiger partial charge is 0.372 e. The molecule has 0 amide bonds. The molecule has 60 valence electrons. The third-order valence-electron chi connectivity index (χ3n) is 1.25. The van der Waals surface area contributed by atoms with Crippen molar-refractivity contribution in [1.82, 2.24) is 9.97 Å². The Hall–Kier alpha value is -0.770. The monoisotopic (exact) mass is 169 g/mol. The van der Waals surface area contributed by atoms with E-state index in [1.807, 2.05) is 13.3 Å². The molecule has 0 fully saturated rings. The Labute approximate surface area is 70.6 Å². The van der Waals surface area contributed by atoms with E-state index in [0.29, 0.717) is 0 Å². The van der Waals surface area contributed by atoms with E-state index in [1.165, 1.54) is 0 Å². The van der Waals surface area contributed by atoms with Gasteiger partial charge in [-0.05, 0) is 6.26 Å². The number of hydrogen-bond acceptors (Lipinski definition) is 4. The smallest absolute Gasteiger partial charge is 0.144 e. The van der Waals surface area contributed by atoms with E-state index in [4.69, 9.17) is 0 Å². The van der Waals surface area contributed by atoms with Gasteiger partial charge in [-0.15, -0.1) is 0 Å². The predicted octanol–water partition coefficient (Wildman–Crippen LogP) is 1.38. The molecule has 1 rings (SSSR count). The predicted molar refractivity (Wildman–Crippen MR) is 48.8 cm³/mol. The van der Waals surface area contributed by atoms with Crippen LogP contribution in [0.25, 0.3) is 0 Å². The van der Waals surface area contributed by atoms with Gasteiger partial charge in [0.2, 0.25) is 0 Å². The molecular formula is C7H11N3S. The van der Waals surface area contributed by atoms with Crippen LogP contribution in [-0.2, 0) is 5.75 Å². The second kappa shape index (κ2) is 4.18. The van der Waals surface area contributed by atoms with Crippen LogP contribution in [0.1, 0.15) is 5.69 Å². The van der Waals surface area contributed by atoms with Gasteiger partial charge in [-0.1, -0.05) is 0 Å². The first-order chi connectivity index (χ1) is 5.36. The highest BCUT2D eigenvalue weighted by molar-refractivity contribution is 7.97. The maximum Gasteiger partial charge on any atom is 0.144 e. The fourth-order valence-corrected chi connectivity index (χ4v) is 1.15. The Morgan fingerprint density at radius 1 is 1.45 bits per heavy atom. The van der Waals surface area contributed by atoms with Gasteiger partial charge in [0.15, 0.2) is 0 Å². The zero-order valence-corrected chi connectivity index (χ0v) is 7.48. The van der Waals surface area contributed by atoms with E-state index in [9.17, 15) is 0 Å². The number of nitrogens with zero attached hydrogens (tertiary/aromatic N) is 2. The molecule has 0 saturated carbocycles. The number of thioether (sulfide) groups is 1. The SMILES string of the molecule is CNc1cnc(CSC)cn1. The normalized spacial score (nSPS) is 9.64. The van der Waals surface area contributed by atoms with Crippen molar-refractivity contribution < 1.29 is 0 Å². The van der Waals surface area contributed by atoms with Crippen molar-refractivity contribution in [3.8, 4) is 0 Å². The molecule has 0 aliphatic heterocycles. The molecular weight excluding hydrogens is 158 g/mol. The lowest BCUT2D eigenvalue weighted by Gasteiger charge is -1.99. The van der Waals surface area contributed by atoms with E-state index in [2.05, 4.69) is 15.3 Å². The number of hydrogen-bond donors (Lipinski definition) is 1. The van der Waals surface area contributed by atoms with Crippen LogP contribution in [0, 0.1) is 0 Å². The first-order valence-corrected chi connectivity index (χ1v) is 4.74. The van der Waals surface area contributed by atoms with Crippen molar-refractivity contribution in [1.29, 1.82) is 0 Å². The molecule has 0 unspecified atom stereocenters. The van der Waals surface area contributed by atoms with Crippen LogP contribution in [0.5, 0.6) is 0 Å². The quantitative estimate of drug-likeness (QED) is 0.742. The molecule has 4 heteroatoms. The first-order valence-electron chi connectivity index (χ1n) is 3.34. The number of anilines is 1. The summed E-state index contributed by atoms with van der Waals surface area (Å²) in [5, 5.41) is 2.92. The summed E-state index contributed by atoms with van der Waals surface area (Å²) in [6.45, 7) is 0. The minimum absolute atomic E-state index is 0.815. The van der Waals surface area contributed by atoms with Crippen LogP contribution < -0.4 is 5.32 Å². The van der Waals surface area contributed by atoms with E-state index in [-0.39, 0.29) is 0 Å². The van der Waals surface area contributed by atoms with Crippen LogP contribution in [-0.4, -0.2) is 23.3 Å². The Morgan fingerprint density at radius 3 is 2.73 bits per heavy atom. The van der Waals surface area contributed by atoms with Crippen LogP contribution in [0.15, 0.2) is 12.4 Å². The Morgan fingerprint density at radius 2 is 2.27 bits per heavy atom. The first kappa shape index (κ1) is 8.33. The van der Waals surface area contributed by atoms with Gasteiger partial charge in [-0.25, -0.2) is 4.98 Å². The maximum absolute atomic E-state index is 4.19. The lowest BCUT2D eigenvalue weighted by atomic mass is 10.5. The van der Waals surface area contributed by atoms with Gasteiger partial charge in [0.1, 0.15) is 5.82 Å². The molecule has 3 nitrogen and oxygen atoms in total. The van der Waals surface area contributed by atoms with Gasteiger partial charge in [0.05, 0.1) is 18.1 Å². The summed E-state index contributed by atoms with van der Waals surface area (Å²) in [4.78, 5) is 8.32. The molecule has 11 heavy (non-hydrogen) atoms. The Kier molecular flexibility index (Phi) is 3.16. The number of rotatable bonds is 3. The van der Waals surface area contributed by atoms with Crippen molar-refractivity contribution in [2.24, 2.45) is 0 Å². The zero-order chi connectivity index (χ0) is 8.10. The van der Waals surface area contributed by atoms with E-state index < -0.39 is 0 Å². The highest BCUT2D eigenvalue weighted by atomic mass is 32.2. The third-order valence-corrected chi connectivity index (χ3v) is 1.84. The third kappa shape index (κ3) is 2.38. The summed E-state index contributed by atoms with van der Waals surface area (Å²) in [5.41, 5.74) is 1.02. The lowest BCUT2D eigenvalue weighted by Crippen LogP contribution is -1.95. The van der Waals surface area contributed by atoms with Crippen molar-refractivity contribution in [2.75, 3.05) is 18.6 Å². The lowest BCUT2D eigenvalue weighted by molar-refractivity contribution is 1.10. The van der Waals surface area contributed by atoms with Gasteiger partial charge < -0.3 is 5.32 Å². The summed E-state index contributed by atoms with van der Waals surface area (Å²) in [6.07, 6.45) is 5.58. The molecule has 0 radical (unpaired) electrons. The van der Waals surface area contributed by atoms with Crippen molar-refractivity contribution >= 4 is 17.6 Å². The van der Waals surface area contributed by atoms with Gasteiger partial charge in [-0.3, -0.25) is 4.98 Å². The molecule has 1 aromatic heterocycles. The summed E-state index contributed by atoms with van der Waals surface area (Å²) < 4.78 is 0. The van der Waals surface area contributed by atoms with Gasteiger partial charge >= 0.3 is 0 Å². The molecule has 1 N–H and O–H groups in total. The number of nitrogens with one attached hydrogen (secondary N) is 1. The van der Waals surface area contributed by atoms with Crippen molar-refractivity contribution in [3.63, 3.8) is 0 Å². The Balaban J connectivity index is 2.66. The molecule has 0 bridgehead atoms. The van der Waals surface area contributed by atoms with Crippen LogP contribution in [0.3, 0.4) is 0 Å². The van der Waals surface area contributed by atoms with E-state index in [0.717, 1.165) is 17.3 Å². The van der Waals surface area contributed by atoms with Crippen LogP contribution >= 0.6 is 11.8 Å². The Bertz CT molecular complexity index is 209. The molecule has 0 spiro atoms. The molecule has 0 aliphatic rings. The fraction of sp³-hybridized carbons (Fsp3) is 0.429. The van der Waals surface area contributed by atoms with Gasteiger partial charge in [0.25, 0.3) is 0 Å². The minimum atomic E-state index is 0.815. The standard InChI is InChI=1S/C7H11N3S/c1-8-7-4-9-6(3-10-7)5-11-2/h3-4H,5H2,1-2H3,(H,8,10). The second-order valence-electron chi connectivity index (χ2n) is 2.08. The van der Waals surface area contributed by atoms with Crippen molar-refractivity contribution in [2.45, 2.75) is 5.75 Å².